The number of hydrogen-bond acceptors (Lipinski definition) is 5. The third kappa shape index (κ3) is 4.17. The molecule has 0 aliphatic rings. The van der Waals surface area contributed by atoms with Crippen molar-refractivity contribution in [3.05, 3.63) is 81.0 Å². The molecule has 0 aliphatic carbocycles. The number of carboxylic acid groups (broad SMARTS) is 1. The predicted octanol–water partition coefficient (Wildman–Crippen LogP) is 5.77. The first-order valence-corrected chi connectivity index (χ1v) is 11.4. The van der Waals surface area contributed by atoms with Crippen molar-refractivity contribution >= 4 is 39.3 Å². The second-order valence-corrected chi connectivity index (χ2v) is 9.09. The molecule has 4 rings (SSSR count). The molecular formula is C23H20N2O3S2. The number of H-pyrrole nitrogens is 1. The highest BCUT2D eigenvalue weighted by Gasteiger charge is 2.14. The van der Waals surface area contributed by atoms with E-state index in [1.165, 1.54) is 28.7 Å². The average molecular weight is 437 g/mol. The van der Waals surface area contributed by atoms with Gasteiger partial charge in [0, 0.05) is 16.7 Å². The van der Waals surface area contributed by atoms with Crippen LogP contribution < -0.4 is 5.56 Å². The summed E-state index contributed by atoms with van der Waals surface area (Å²) in [5.74, 6) is 0.102. The number of rotatable bonds is 6. The number of carbonyl (C=O) groups is 1. The lowest BCUT2D eigenvalue weighted by Crippen LogP contribution is -2.08. The fraction of sp³-hybridized carbons (Fsp3) is 0.174. The Morgan fingerprint density at radius 3 is 2.47 bits per heavy atom. The summed E-state index contributed by atoms with van der Waals surface area (Å²) in [6, 6.07) is 15.0. The zero-order chi connectivity index (χ0) is 21.3. The van der Waals surface area contributed by atoms with Crippen LogP contribution in [0.5, 0.6) is 0 Å². The third-order valence-corrected chi connectivity index (χ3v) is 6.70. The highest BCUT2D eigenvalue weighted by Crippen LogP contribution is 2.32. The molecule has 0 bridgehead atoms. The smallest absolute Gasteiger partial charge is 0.335 e. The van der Waals surface area contributed by atoms with Gasteiger partial charge in [0.1, 0.15) is 4.83 Å². The second-order valence-electron chi connectivity index (χ2n) is 7.27. The number of thioether (sulfide) groups is 1. The van der Waals surface area contributed by atoms with Crippen LogP contribution in [0.4, 0.5) is 0 Å². The van der Waals surface area contributed by atoms with Crippen LogP contribution in [0.15, 0.2) is 63.9 Å². The normalized spacial score (nSPS) is 11.3. The van der Waals surface area contributed by atoms with Crippen molar-refractivity contribution < 1.29 is 9.90 Å². The molecule has 152 valence electrons. The molecule has 2 aromatic carbocycles. The fourth-order valence-electron chi connectivity index (χ4n) is 3.15. The molecule has 2 N–H and O–H groups in total. The Kier molecular flexibility index (Phi) is 5.74. The van der Waals surface area contributed by atoms with E-state index >= 15 is 0 Å². The van der Waals surface area contributed by atoms with Crippen LogP contribution in [0, 0.1) is 0 Å². The molecule has 0 aliphatic heterocycles. The van der Waals surface area contributed by atoms with Crippen molar-refractivity contribution in [2.75, 3.05) is 0 Å². The van der Waals surface area contributed by atoms with Crippen molar-refractivity contribution in [3.8, 4) is 11.1 Å². The van der Waals surface area contributed by atoms with Gasteiger partial charge in [0.05, 0.1) is 10.9 Å². The molecule has 0 amide bonds. The summed E-state index contributed by atoms with van der Waals surface area (Å²) < 4.78 is 0. The Morgan fingerprint density at radius 1 is 1.13 bits per heavy atom. The van der Waals surface area contributed by atoms with Gasteiger partial charge in [-0.05, 0) is 34.7 Å². The molecule has 2 heterocycles. The Hall–Kier alpha value is -2.90. The molecule has 5 nitrogen and oxygen atoms in total. The Labute approximate surface area is 181 Å². The molecule has 0 fully saturated rings. The van der Waals surface area contributed by atoms with E-state index in [0.29, 0.717) is 27.0 Å². The molecule has 2 aromatic heterocycles. The number of nitrogens with one attached hydrogen (secondary N) is 1. The van der Waals surface area contributed by atoms with Crippen LogP contribution in [-0.2, 0) is 5.75 Å². The Morgan fingerprint density at radius 2 is 1.83 bits per heavy atom. The fourth-order valence-corrected chi connectivity index (χ4v) is 4.98. The summed E-state index contributed by atoms with van der Waals surface area (Å²) in [5.41, 5.74) is 4.25. The van der Waals surface area contributed by atoms with Gasteiger partial charge in [0.15, 0.2) is 5.16 Å². The van der Waals surface area contributed by atoms with Gasteiger partial charge in [-0.25, -0.2) is 9.78 Å². The molecule has 0 unspecified atom stereocenters. The first kappa shape index (κ1) is 20.4. The predicted molar refractivity (Wildman–Crippen MR) is 123 cm³/mol. The van der Waals surface area contributed by atoms with Gasteiger partial charge < -0.3 is 10.1 Å². The average Bonchev–Trinajstić information content (AvgIpc) is 3.17. The summed E-state index contributed by atoms with van der Waals surface area (Å²) in [7, 11) is 0. The van der Waals surface area contributed by atoms with E-state index in [4.69, 9.17) is 5.11 Å². The summed E-state index contributed by atoms with van der Waals surface area (Å²) in [5, 5.41) is 12.1. The number of fused-ring (bicyclic) bond motifs is 1. The van der Waals surface area contributed by atoms with E-state index in [9.17, 15) is 9.59 Å². The Balaban J connectivity index is 1.57. The quantitative estimate of drug-likeness (QED) is 0.296. The number of aromatic nitrogens is 2. The van der Waals surface area contributed by atoms with E-state index in [1.54, 1.807) is 24.3 Å². The minimum atomic E-state index is -0.946. The zero-order valence-corrected chi connectivity index (χ0v) is 18.1. The second kappa shape index (κ2) is 8.45. The number of nitrogens with zero attached hydrogens (tertiary/aromatic N) is 1. The van der Waals surface area contributed by atoms with E-state index in [-0.39, 0.29) is 11.1 Å². The number of thiophene rings is 1. The number of aromatic amines is 1. The van der Waals surface area contributed by atoms with E-state index in [1.807, 2.05) is 5.38 Å². The molecule has 0 saturated heterocycles. The Bertz CT molecular complexity index is 1260. The zero-order valence-electron chi connectivity index (χ0n) is 16.5. The summed E-state index contributed by atoms with van der Waals surface area (Å²) >= 11 is 2.88. The van der Waals surface area contributed by atoms with Crippen molar-refractivity contribution in [1.82, 2.24) is 9.97 Å². The monoisotopic (exact) mass is 436 g/mol. The van der Waals surface area contributed by atoms with E-state index in [2.05, 4.69) is 48.1 Å². The molecule has 7 heteroatoms. The largest absolute Gasteiger partial charge is 0.478 e. The summed E-state index contributed by atoms with van der Waals surface area (Å²) in [6.07, 6.45) is 0. The summed E-state index contributed by atoms with van der Waals surface area (Å²) in [6.45, 7) is 4.31. The van der Waals surface area contributed by atoms with Gasteiger partial charge in [0.2, 0.25) is 0 Å². The van der Waals surface area contributed by atoms with Crippen LogP contribution in [0.2, 0.25) is 0 Å². The first-order chi connectivity index (χ1) is 14.4. The van der Waals surface area contributed by atoms with Crippen molar-refractivity contribution in [3.63, 3.8) is 0 Å². The molecule has 30 heavy (non-hydrogen) atoms. The van der Waals surface area contributed by atoms with Gasteiger partial charge >= 0.3 is 5.97 Å². The van der Waals surface area contributed by atoms with Crippen LogP contribution >= 0.6 is 23.1 Å². The van der Waals surface area contributed by atoms with Crippen molar-refractivity contribution in [1.29, 1.82) is 0 Å². The van der Waals surface area contributed by atoms with Crippen LogP contribution in [-0.4, -0.2) is 21.0 Å². The maximum atomic E-state index is 12.8. The van der Waals surface area contributed by atoms with Crippen LogP contribution in [0.1, 0.15) is 41.3 Å². The lowest BCUT2D eigenvalue weighted by Gasteiger charge is -2.06. The van der Waals surface area contributed by atoms with Crippen molar-refractivity contribution in [2.24, 2.45) is 0 Å². The highest BCUT2D eigenvalue weighted by atomic mass is 32.2. The van der Waals surface area contributed by atoms with E-state index < -0.39 is 5.97 Å². The van der Waals surface area contributed by atoms with Crippen molar-refractivity contribution in [2.45, 2.75) is 30.7 Å². The molecule has 0 radical (unpaired) electrons. The third-order valence-electron chi connectivity index (χ3n) is 4.89. The maximum absolute atomic E-state index is 12.8. The van der Waals surface area contributed by atoms with E-state index in [0.717, 1.165) is 16.7 Å². The van der Waals surface area contributed by atoms with Gasteiger partial charge in [-0.2, -0.15) is 0 Å². The van der Waals surface area contributed by atoms with Gasteiger partial charge in [-0.15, -0.1) is 11.3 Å². The molecule has 0 spiro atoms. The number of aromatic carboxylic acids is 1. The molecule has 0 atom stereocenters. The van der Waals surface area contributed by atoms with Gasteiger partial charge in [-0.1, -0.05) is 62.0 Å². The van der Waals surface area contributed by atoms with Gasteiger partial charge in [0.25, 0.3) is 5.56 Å². The van der Waals surface area contributed by atoms with Crippen LogP contribution in [0.3, 0.4) is 0 Å². The van der Waals surface area contributed by atoms with Crippen LogP contribution in [0.25, 0.3) is 21.3 Å². The molecular weight excluding hydrogens is 416 g/mol. The lowest BCUT2D eigenvalue weighted by molar-refractivity contribution is 0.0697. The maximum Gasteiger partial charge on any atom is 0.335 e. The van der Waals surface area contributed by atoms with Gasteiger partial charge in [-0.3, -0.25) is 4.79 Å². The number of benzene rings is 2. The SMILES string of the molecule is CC(C)c1ccc(-c2csc3nc(SCc4ccc(C(=O)O)cc4)[nH]c(=O)c23)cc1. The number of carboxylic acids is 1. The number of hydrogen-bond donors (Lipinski definition) is 2. The first-order valence-electron chi connectivity index (χ1n) is 9.49. The standard InChI is InChI=1S/C23H20N2O3S2/c1-13(2)15-7-9-16(10-8-15)18-12-29-21-19(18)20(26)24-23(25-21)30-11-14-3-5-17(6-4-14)22(27)28/h3-10,12-13H,11H2,1-2H3,(H,27,28)(H,24,25,26). The minimum Gasteiger partial charge on any atom is -0.478 e. The highest BCUT2D eigenvalue weighted by molar-refractivity contribution is 7.98. The summed E-state index contributed by atoms with van der Waals surface area (Å²) in [4.78, 5) is 32.0. The topological polar surface area (TPSA) is 83.0 Å². The minimum absolute atomic E-state index is 0.145. The molecule has 4 aromatic rings. The molecule has 0 saturated carbocycles. The lowest BCUT2D eigenvalue weighted by atomic mass is 9.99.